The van der Waals surface area contributed by atoms with E-state index in [-0.39, 0.29) is 0 Å². The van der Waals surface area contributed by atoms with Crippen molar-refractivity contribution in [3.63, 3.8) is 0 Å². The summed E-state index contributed by atoms with van der Waals surface area (Å²) in [5, 5.41) is 0. The molecule has 0 aliphatic heterocycles. The number of hydrogen-bond donors (Lipinski definition) is 0. The van der Waals surface area contributed by atoms with Crippen molar-refractivity contribution < 1.29 is 0 Å². The Bertz CT molecular complexity index is 94.7. The molecule has 0 aliphatic rings. The molecular formula is C8H17B. The van der Waals surface area contributed by atoms with Gasteiger partial charge in [0.25, 0.3) is 0 Å². The Morgan fingerprint density at radius 1 is 1.56 bits per heavy atom. The topological polar surface area (TPSA) is 0 Å². The second-order valence-electron chi connectivity index (χ2n) is 2.72. The molecule has 0 rings (SSSR count). The fraction of sp³-hybridized carbons (Fsp3) is 0.875. The summed E-state index contributed by atoms with van der Waals surface area (Å²) in [6, 6.07) is 0. The normalized spacial score (nSPS) is 14.9. The molecule has 1 unspecified atom stereocenters. The number of hydrogen-bond acceptors (Lipinski definition) is 0. The molecule has 0 saturated carbocycles. The molecule has 0 radical (unpaired) electrons. The Morgan fingerprint density at radius 2 is 2.11 bits per heavy atom. The molecule has 0 nitrogen and oxygen atoms in total. The minimum atomic E-state index is 0.792. The zero-order valence-corrected chi connectivity index (χ0v) is 7.07. The molecular weight excluding hydrogens is 107 g/mol. The molecule has 1 atom stereocenters. The van der Waals surface area contributed by atoms with Crippen LogP contribution in [-0.4, -0.2) is 12.4 Å². The van der Waals surface area contributed by atoms with E-state index in [1.54, 1.807) is 0 Å². The monoisotopic (exact) mass is 124 g/mol. The molecule has 0 aromatic rings. The van der Waals surface area contributed by atoms with Crippen LogP contribution in [0.4, 0.5) is 0 Å². The Kier molecular flexibility index (Phi) is 4.75. The molecule has 0 aliphatic carbocycles. The van der Waals surface area contributed by atoms with Gasteiger partial charge in [0.1, 0.15) is 0 Å². The molecule has 0 spiro atoms. The van der Waals surface area contributed by atoms with Gasteiger partial charge in [0.15, 0.2) is 0 Å². The van der Waals surface area contributed by atoms with Gasteiger partial charge < -0.3 is 0 Å². The van der Waals surface area contributed by atoms with Crippen LogP contribution in [-0.2, 0) is 0 Å². The van der Waals surface area contributed by atoms with E-state index in [1.807, 2.05) is 0 Å². The van der Waals surface area contributed by atoms with E-state index < -0.39 is 0 Å². The molecule has 52 valence electrons. The van der Waals surface area contributed by atoms with Crippen molar-refractivity contribution in [1.82, 2.24) is 0 Å². The molecule has 0 heterocycles. The maximum absolute atomic E-state index is 2.29. The predicted molar refractivity (Wildman–Crippen MR) is 46.4 cm³/mol. The summed E-state index contributed by atoms with van der Waals surface area (Å²) in [6.45, 7) is 11.1. The first-order valence-corrected chi connectivity index (χ1v) is 3.85. The van der Waals surface area contributed by atoms with Crippen molar-refractivity contribution in [3.05, 3.63) is 0 Å². The Morgan fingerprint density at radius 3 is 2.44 bits per heavy atom. The van der Waals surface area contributed by atoms with Gasteiger partial charge in [-0.2, -0.15) is 0 Å². The van der Waals surface area contributed by atoms with E-state index >= 15 is 0 Å². The average molecular weight is 124 g/mol. The van der Waals surface area contributed by atoms with Crippen molar-refractivity contribution in [3.8, 4) is 0 Å². The van der Waals surface area contributed by atoms with Crippen molar-refractivity contribution >= 4 is 12.4 Å². The van der Waals surface area contributed by atoms with Crippen LogP contribution in [0.2, 0.25) is 6.82 Å². The van der Waals surface area contributed by atoms with Crippen LogP contribution in [0.1, 0.15) is 33.6 Å². The summed E-state index contributed by atoms with van der Waals surface area (Å²) < 4.78 is 0. The van der Waals surface area contributed by atoms with E-state index in [2.05, 4.69) is 34.5 Å². The van der Waals surface area contributed by atoms with Crippen molar-refractivity contribution in [2.75, 3.05) is 0 Å². The van der Waals surface area contributed by atoms with Gasteiger partial charge in [0.2, 0.25) is 0 Å². The minimum absolute atomic E-state index is 0.792. The standard InChI is InChI=1S/C8H17B/c1-5-6-7(2)8(3)9-4/h7H,5-6H2,1-4H3. The first kappa shape index (κ1) is 8.93. The van der Waals surface area contributed by atoms with Crippen LogP contribution in [0.15, 0.2) is 0 Å². The summed E-state index contributed by atoms with van der Waals surface area (Å²) in [6.07, 6.45) is 2.63. The summed E-state index contributed by atoms with van der Waals surface area (Å²) in [7, 11) is 0. The third-order valence-electron chi connectivity index (χ3n) is 1.95. The maximum atomic E-state index is 2.29. The van der Waals surface area contributed by atoms with E-state index in [0.29, 0.717) is 0 Å². The molecule has 1 heteroatoms. The second-order valence-corrected chi connectivity index (χ2v) is 2.72. The molecule has 0 saturated heterocycles. The Labute approximate surface area is 59.6 Å². The van der Waals surface area contributed by atoms with Gasteiger partial charge in [-0.15, -0.1) is 0 Å². The van der Waals surface area contributed by atoms with Gasteiger partial charge in [-0.1, -0.05) is 0 Å². The van der Waals surface area contributed by atoms with Crippen molar-refractivity contribution in [2.45, 2.75) is 40.4 Å². The SMILES string of the molecule is CB=C(C)C(C)CCC. The zero-order chi connectivity index (χ0) is 7.28. The number of rotatable bonds is 3. The molecule has 0 aromatic carbocycles. The van der Waals surface area contributed by atoms with Crippen molar-refractivity contribution in [2.24, 2.45) is 5.92 Å². The predicted octanol–water partition coefficient (Wildman–Crippen LogP) is 2.37. The second kappa shape index (κ2) is 4.78. The molecule has 0 bridgehead atoms. The Hall–Kier alpha value is -0.0651. The molecule has 0 aromatic heterocycles. The van der Waals surface area contributed by atoms with E-state index in [9.17, 15) is 0 Å². The van der Waals surface area contributed by atoms with Crippen molar-refractivity contribution in [1.29, 1.82) is 0 Å². The first-order valence-electron chi connectivity index (χ1n) is 3.85. The van der Waals surface area contributed by atoms with Crippen LogP contribution in [0, 0.1) is 5.92 Å². The molecule has 0 N–H and O–H groups in total. The van der Waals surface area contributed by atoms with E-state index in [1.165, 1.54) is 18.3 Å². The summed E-state index contributed by atoms with van der Waals surface area (Å²) in [5.74, 6) is 0.792. The van der Waals surface area contributed by atoms with Gasteiger partial charge in [-0.25, -0.2) is 0 Å². The first-order chi connectivity index (χ1) is 4.22. The zero-order valence-electron chi connectivity index (χ0n) is 7.07. The summed E-state index contributed by atoms with van der Waals surface area (Å²) in [4.78, 5) is 0. The van der Waals surface area contributed by atoms with Crippen LogP contribution in [0.3, 0.4) is 0 Å². The quantitative estimate of drug-likeness (QED) is 0.506. The van der Waals surface area contributed by atoms with Gasteiger partial charge in [0.05, 0.1) is 0 Å². The summed E-state index contributed by atoms with van der Waals surface area (Å²) in [5.41, 5.74) is 1.52. The van der Waals surface area contributed by atoms with Crippen LogP contribution in [0.5, 0.6) is 0 Å². The Balaban J connectivity index is 3.59. The van der Waals surface area contributed by atoms with Crippen LogP contribution < -0.4 is 0 Å². The van der Waals surface area contributed by atoms with Gasteiger partial charge in [-0.05, 0) is 0 Å². The summed E-state index contributed by atoms with van der Waals surface area (Å²) >= 11 is 0. The van der Waals surface area contributed by atoms with Gasteiger partial charge >= 0.3 is 58.7 Å². The van der Waals surface area contributed by atoms with E-state index in [4.69, 9.17) is 0 Å². The third kappa shape index (κ3) is 3.50. The fourth-order valence-electron chi connectivity index (χ4n) is 0.945. The van der Waals surface area contributed by atoms with Gasteiger partial charge in [0, 0.05) is 0 Å². The molecule has 0 amide bonds. The molecule has 0 fully saturated rings. The van der Waals surface area contributed by atoms with Gasteiger partial charge in [-0.3, -0.25) is 0 Å². The fourth-order valence-corrected chi connectivity index (χ4v) is 0.945. The average Bonchev–Trinajstić information content (AvgIpc) is 1.87. The third-order valence-corrected chi connectivity index (χ3v) is 1.95. The molecule has 9 heavy (non-hydrogen) atoms. The van der Waals surface area contributed by atoms with E-state index in [0.717, 1.165) is 5.92 Å². The van der Waals surface area contributed by atoms with Crippen LogP contribution >= 0.6 is 0 Å². The van der Waals surface area contributed by atoms with Crippen LogP contribution in [0.25, 0.3) is 0 Å².